The molecule has 0 bridgehead atoms. The molecule has 6 atom stereocenters. The minimum atomic E-state index is -1.79. The number of halogens is 1. The Bertz CT molecular complexity index is 996. The smallest absolute Gasteiger partial charge is 0.274 e. The molecule has 1 aromatic heterocycles. The third-order valence-electron chi connectivity index (χ3n) is 6.60. The van der Waals surface area contributed by atoms with Crippen molar-refractivity contribution in [3.05, 3.63) is 22.6 Å². The van der Waals surface area contributed by atoms with Gasteiger partial charge in [0.05, 0.1) is 19.1 Å². The SMILES string of the molecule is CC(C)N(C(C)C)P(OCCC#N)O[C@@]12C[C@H](n3ccc(=O)nc3N)O[C@@H]1[C@@]1(O)C[C@@]1(F)C2. The lowest BCUT2D eigenvalue weighted by Crippen LogP contribution is -2.45. The van der Waals surface area contributed by atoms with Crippen LogP contribution in [0, 0.1) is 11.3 Å². The number of aliphatic hydroxyl groups is 1. The maximum absolute atomic E-state index is 15.4. The van der Waals surface area contributed by atoms with Crippen molar-refractivity contribution in [1.82, 2.24) is 14.2 Å². The second-order valence-electron chi connectivity index (χ2n) is 9.65. The average Bonchev–Trinajstić information content (AvgIpc) is 2.98. The summed E-state index contributed by atoms with van der Waals surface area (Å²) >= 11 is 0. The quantitative estimate of drug-likeness (QED) is 0.401. The minimum absolute atomic E-state index is 0.0221. The number of nitriles is 1. The van der Waals surface area contributed by atoms with E-state index in [1.165, 1.54) is 16.8 Å². The highest BCUT2D eigenvalue weighted by atomic mass is 31.2. The fourth-order valence-electron chi connectivity index (χ4n) is 5.24. The van der Waals surface area contributed by atoms with Crippen LogP contribution in [-0.2, 0) is 13.8 Å². The number of hydrogen-bond donors (Lipinski definition) is 2. The first-order valence-corrected chi connectivity index (χ1v) is 12.3. The molecule has 4 rings (SSSR count). The molecule has 0 radical (unpaired) electrons. The van der Waals surface area contributed by atoms with Crippen LogP contribution in [0.15, 0.2) is 17.1 Å². The van der Waals surface area contributed by atoms with Crippen LogP contribution in [0.4, 0.5) is 10.3 Å². The van der Waals surface area contributed by atoms with Gasteiger partial charge < -0.3 is 24.6 Å². The van der Waals surface area contributed by atoms with Gasteiger partial charge in [-0.2, -0.15) is 10.2 Å². The fraction of sp³-hybridized carbons (Fsp3) is 0.762. The van der Waals surface area contributed by atoms with Gasteiger partial charge in [0.25, 0.3) is 14.1 Å². The monoisotopic (exact) mass is 483 g/mol. The molecule has 1 saturated heterocycles. The van der Waals surface area contributed by atoms with E-state index in [-0.39, 0.29) is 50.3 Å². The standard InChI is InChI=1S/C21H31FN5O5P/c1-13(2)27(14(3)4)33(30-9-5-7-23)32-19-10-16(26-8-6-15(28)25-18(26)24)31-17(19)21(29)12-20(21,22)11-19/h6,8,13-14,16-17,29H,5,9-12H2,1-4H3,(H2,24,25,28)/t16-,17+,19-,20+,21+,33?/m1/s1. The zero-order valence-electron chi connectivity index (χ0n) is 19.3. The van der Waals surface area contributed by atoms with E-state index in [0.29, 0.717) is 0 Å². The van der Waals surface area contributed by atoms with E-state index in [2.05, 4.69) is 15.7 Å². The highest BCUT2D eigenvalue weighted by molar-refractivity contribution is 7.44. The van der Waals surface area contributed by atoms with Crippen LogP contribution in [0.1, 0.15) is 59.6 Å². The fourth-order valence-corrected chi connectivity index (χ4v) is 7.06. The maximum Gasteiger partial charge on any atom is 0.274 e. The molecule has 3 N–H and O–H groups in total. The number of anilines is 1. The molecule has 10 nitrogen and oxygen atoms in total. The Morgan fingerprint density at radius 3 is 2.76 bits per heavy atom. The summed E-state index contributed by atoms with van der Waals surface area (Å²) in [6.07, 6.45) is 0.166. The van der Waals surface area contributed by atoms with Gasteiger partial charge >= 0.3 is 0 Å². The summed E-state index contributed by atoms with van der Waals surface area (Å²) in [4.78, 5) is 15.3. The van der Waals surface area contributed by atoms with Crippen LogP contribution >= 0.6 is 8.53 Å². The summed E-state index contributed by atoms with van der Waals surface area (Å²) < 4.78 is 37.7. The van der Waals surface area contributed by atoms with Gasteiger partial charge in [-0.3, -0.25) is 9.36 Å². The van der Waals surface area contributed by atoms with Gasteiger partial charge in [0.15, 0.2) is 0 Å². The van der Waals surface area contributed by atoms with Gasteiger partial charge in [-0.25, -0.2) is 9.06 Å². The maximum atomic E-state index is 15.4. The van der Waals surface area contributed by atoms with Crippen molar-refractivity contribution in [3.8, 4) is 6.07 Å². The summed E-state index contributed by atoms with van der Waals surface area (Å²) in [5.74, 6) is -0.0320. The first-order valence-electron chi connectivity index (χ1n) is 11.2. The Balaban J connectivity index is 1.67. The topological polar surface area (TPSA) is 136 Å². The number of rotatable bonds is 9. The summed E-state index contributed by atoms with van der Waals surface area (Å²) in [6, 6.07) is 3.45. The normalized spacial score (nSPS) is 35.6. The number of nitrogens with zero attached hydrogens (tertiary/aromatic N) is 4. The van der Waals surface area contributed by atoms with Crippen molar-refractivity contribution in [2.45, 2.75) is 94.7 Å². The van der Waals surface area contributed by atoms with Gasteiger partial charge in [0.1, 0.15) is 29.2 Å². The van der Waals surface area contributed by atoms with E-state index < -0.39 is 43.3 Å². The van der Waals surface area contributed by atoms with Crippen LogP contribution in [0.25, 0.3) is 0 Å². The van der Waals surface area contributed by atoms with E-state index in [4.69, 9.17) is 24.8 Å². The van der Waals surface area contributed by atoms with Crippen molar-refractivity contribution >= 4 is 14.5 Å². The number of aromatic nitrogens is 2. The second kappa shape index (κ2) is 8.52. The molecule has 1 aromatic rings. The Hall–Kier alpha value is -1.67. The largest absolute Gasteiger partial charge is 0.384 e. The van der Waals surface area contributed by atoms with Crippen LogP contribution in [0.5, 0.6) is 0 Å². The van der Waals surface area contributed by atoms with Crippen molar-refractivity contribution in [2.24, 2.45) is 0 Å². The van der Waals surface area contributed by atoms with Gasteiger partial charge in [-0.1, -0.05) is 0 Å². The van der Waals surface area contributed by atoms with Crippen LogP contribution < -0.4 is 11.3 Å². The molecule has 182 valence electrons. The van der Waals surface area contributed by atoms with Crippen molar-refractivity contribution in [1.29, 1.82) is 5.26 Å². The molecule has 2 saturated carbocycles. The Morgan fingerprint density at radius 1 is 1.45 bits per heavy atom. The number of nitrogen functional groups attached to an aromatic ring is 1. The number of alkyl halides is 1. The van der Waals surface area contributed by atoms with E-state index >= 15 is 4.39 Å². The zero-order valence-corrected chi connectivity index (χ0v) is 20.2. The molecule has 2 aliphatic carbocycles. The Kier molecular flexibility index (Phi) is 6.32. The minimum Gasteiger partial charge on any atom is -0.384 e. The highest BCUT2D eigenvalue weighted by Gasteiger charge is 2.86. The summed E-state index contributed by atoms with van der Waals surface area (Å²) in [6.45, 7) is 8.22. The van der Waals surface area contributed by atoms with Gasteiger partial charge in [-0.05, 0) is 27.7 Å². The molecule has 3 aliphatic rings. The molecule has 2 heterocycles. The van der Waals surface area contributed by atoms with Crippen molar-refractivity contribution in [2.75, 3.05) is 12.3 Å². The molecule has 33 heavy (non-hydrogen) atoms. The number of nitrogens with two attached hydrogens (primary N) is 1. The predicted molar refractivity (Wildman–Crippen MR) is 118 cm³/mol. The lowest BCUT2D eigenvalue weighted by atomic mass is 9.92. The van der Waals surface area contributed by atoms with E-state index in [1.54, 1.807) is 0 Å². The Labute approximate surface area is 193 Å². The molecular weight excluding hydrogens is 452 g/mol. The van der Waals surface area contributed by atoms with E-state index in [9.17, 15) is 9.90 Å². The molecule has 0 aromatic carbocycles. The van der Waals surface area contributed by atoms with Crippen LogP contribution in [0.2, 0.25) is 0 Å². The first-order chi connectivity index (χ1) is 15.5. The number of ether oxygens (including phenoxy) is 1. The predicted octanol–water partition coefficient (Wildman–Crippen LogP) is 2.39. The molecule has 1 unspecified atom stereocenters. The third-order valence-corrected chi connectivity index (χ3v) is 8.83. The van der Waals surface area contributed by atoms with Crippen molar-refractivity contribution in [3.63, 3.8) is 0 Å². The Morgan fingerprint density at radius 2 is 2.15 bits per heavy atom. The zero-order chi connectivity index (χ0) is 24.2. The lowest BCUT2D eigenvalue weighted by Gasteiger charge is -2.41. The number of fused-ring (bicyclic) bond motifs is 3. The highest BCUT2D eigenvalue weighted by Crippen LogP contribution is 2.73. The summed E-state index contributed by atoms with van der Waals surface area (Å²) in [5, 5.41) is 20.0. The van der Waals surface area contributed by atoms with E-state index in [0.717, 1.165) is 0 Å². The van der Waals surface area contributed by atoms with Gasteiger partial charge in [0, 0.05) is 43.6 Å². The molecular formula is C21H31FN5O5P. The second-order valence-corrected chi connectivity index (χ2v) is 11.0. The molecule has 3 fully saturated rings. The van der Waals surface area contributed by atoms with Crippen molar-refractivity contribution < 1.29 is 23.3 Å². The summed E-state index contributed by atoms with van der Waals surface area (Å²) in [5.41, 5.74) is 0.860. The molecule has 1 aliphatic heterocycles. The van der Waals surface area contributed by atoms with Crippen LogP contribution in [-0.4, -0.2) is 61.0 Å². The molecule has 12 heteroatoms. The van der Waals surface area contributed by atoms with Gasteiger partial charge in [-0.15, -0.1) is 0 Å². The summed E-state index contributed by atoms with van der Waals surface area (Å²) in [7, 11) is -1.69. The van der Waals surface area contributed by atoms with E-state index in [1.807, 2.05) is 27.7 Å². The molecule has 0 amide bonds. The molecule has 0 spiro atoms. The van der Waals surface area contributed by atoms with Crippen LogP contribution in [0.3, 0.4) is 0 Å². The average molecular weight is 483 g/mol. The number of hydrogen-bond acceptors (Lipinski definition) is 9. The first kappa shape index (κ1) is 24.5. The third kappa shape index (κ3) is 4.07. The van der Waals surface area contributed by atoms with Gasteiger partial charge in [0.2, 0.25) is 5.95 Å². The lowest BCUT2D eigenvalue weighted by molar-refractivity contribution is -0.104.